The Bertz CT molecular complexity index is 415. The second kappa shape index (κ2) is 5.87. The molecule has 1 unspecified atom stereocenters. The molecule has 0 aliphatic heterocycles. The van der Waals surface area contributed by atoms with E-state index < -0.39 is 5.97 Å². The molecule has 1 aromatic carbocycles. The van der Waals surface area contributed by atoms with Crippen LogP contribution in [-0.4, -0.2) is 30.8 Å². The zero-order chi connectivity index (χ0) is 13.0. The summed E-state index contributed by atoms with van der Waals surface area (Å²) < 4.78 is 5.27. The first-order chi connectivity index (χ1) is 8.72. The third kappa shape index (κ3) is 3.23. The molecule has 0 heterocycles. The lowest BCUT2D eigenvalue weighted by Crippen LogP contribution is -2.39. The van der Waals surface area contributed by atoms with Gasteiger partial charge in [-0.05, 0) is 36.8 Å². The van der Waals surface area contributed by atoms with E-state index in [-0.39, 0.29) is 6.04 Å². The maximum Gasteiger partial charge on any atom is 0.320 e. The van der Waals surface area contributed by atoms with Crippen LogP contribution >= 0.6 is 0 Å². The topological polar surface area (TPSA) is 58.6 Å². The predicted molar refractivity (Wildman–Crippen MR) is 68.8 cm³/mol. The number of carboxylic acids is 1. The summed E-state index contributed by atoms with van der Waals surface area (Å²) in [5.74, 6) is 0.440. The molecule has 1 aromatic rings. The molecule has 0 aromatic heterocycles. The third-order valence-electron chi connectivity index (χ3n) is 3.31. The number of methoxy groups -OCH3 is 1. The van der Waals surface area contributed by atoms with Gasteiger partial charge in [0, 0.05) is 6.54 Å². The van der Waals surface area contributed by atoms with Gasteiger partial charge in [-0.1, -0.05) is 18.2 Å². The average Bonchev–Trinajstić information content (AvgIpc) is 3.19. The number of para-hydroxylation sites is 1. The van der Waals surface area contributed by atoms with Crippen molar-refractivity contribution in [1.82, 2.24) is 5.32 Å². The van der Waals surface area contributed by atoms with Gasteiger partial charge in [0.2, 0.25) is 0 Å². The molecule has 1 saturated carbocycles. The van der Waals surface area contributed by atoms with Crippen LogP contribution in [0.2, 0.25) is 0 Å². The van der Waals surface area contributed by atoms with Gasteiger partial charge >= 0.3 is 5.97 Å². The van der Waals surface area contributed by atoms with Crippen LogP contribution in [-0.2, 0) is 11.2 Å². The average molecular weight is 249 g/mol. The number of hydrogen-bond acceptors (Lipinski definition) is 3. The minimum absolute atomic E-state index is 0.320. The molecule has 1 aliphatic carbocycles. The molecular formula is C14H19NO3. The van der Waals surface area contributed by atoms with Crippen molar-refractivity contribution in [2.24, 2.45) is 5.92 Å². The highest BCUT2D eigenvalue weighted by molar-refractivity contribution is 5.74. The Labute approximate surface area is 107 Å². The molecule has 0 amide bonds. The Hall–Kier alpha value is -1.55. The van der Waals surface area contributed by atoms with Crippen molar-refractivity contribution in [2.45, 2.75) is 25.3 Å². The Balaban J connectivity index is 1.85. The Morgan fingerprint density at radius 2 is 2.22 bits per heavy atom. The van der Waals surface area contributed by atoms with Crippen LogP contribution in [0.25, 0.3) is 0 Å². The second-order valence-electron chi connectivity index (χ2n) is 4.67. The number of carboxylic acid groups (broad SMARTS) is 1. The molecule has 98 valence electrons. The largest absolute Gasteiger partial charge is 0.496 e. The van der Waals surface area contributed by atoms with E-state index in [1.54, 1.807) is 7.11 Å². The lowest BCUT2D eigenvalue weighted by Gasteiger charge is -2.14. The molecule has 0 bridgehead atoms. The van der Waals surface area contributed by atoms with E-state index in [1.165, 1.54) is 0 Å². The highest BCUT2D eigenvalue weighted by Crippen LogP contribution is 2.32. The number of nitrogens with one attached hydrogen (secondary N) is 1. The molecule has 4 nitrogen and oxygen atoms in total. The van der Waals surface area contributed by atoms with Crippen molar-refractivity contribution in [3.63, 3.8) is 0 Å². The van der Waals surface area contributed by atoms with Crippen molar-refractivity contribution >= 4 is 5.97 Å². The number of ether oxygens (including phenoxy) is 1. The van der Waals surface area contributed by atoms with E-state index in [0.717, 1.165) is 30.6 Å². The second-order valence-corrected chi connectivity index (χ2v) is 4.67. The molecule has 0 spiro atoms. The van der Waals surface area contributed by atoms with Crippen LogP contribution in [0.1, 0.15) is 18.4 Å². The van der Waals surface area contributed by atoms with E-state index in [2.05, 4.69) is 5.32 Å². The lowest BCUT2D eigenvalue weighted by molar-refractivity contribution is -0.140. The normalized spacial score (nSPS) is 16.3. The van der Waals surface area contributed by atoms with Crippen LogP contribution in [0.15, 0.2) is 24.3 Å². The lowest BCUT2D eigenvalue weighted by atomic mass is 10.1. The van der Waals surface area contributed by atoms with Crippen LogP contribution < -0.4 is 10.1 Å². The number of aliphatic carboxylic acids is 1. The number of benzene rings is 1. The van der Waals surface area contributed by atoms with E-state index in [9.17, 15) is 4.79 Å². The molecule has 0 radical (unpaired) electrons. The number of rotatable bonds is 7. The summed E-state index contributed by atoms with van der Waals surface area (Å²) in [5.41, 5.74) is 1.10. The fraction of sp³-hybridized carbons (Fsp3) is 0.500. The minimum Gasteiger partial charge on any atom is -0.496 e. The standard InChI is InChI=1S/C14H19NO3/c1-18-12-5-3-2-4-10(12)8-9-15-13(14(16)17)11-6-7-11/h2-5,11,13,15H,6-9H2,1H3,(H,16,17). The summed E-state index contributed by atoms with van der Waals surface area (Å²) in [5, 5.41) is 12.2. The van der Waals surface area contributed by atoms with Crippen LogP contribution in [0.5, 0.6) is 5.75 Å². The predicted octanol–water partition coefficient (Wildman–Crippen LogP) is 1.69. The van der Waals surface area contributed by atoms with Crippen LogP contribution in [0.3, 0.4) is 0 Å². The monoisotopic (exact) mass is 249 g/mol. The van der Waals surface area contributed by atoms with Crippen molar-refractivity contribution in [3.8, 4) is 5.75 Å². The summed E-state index contributed by atoms with van der Waals surface area (Å²) >= 11 is 0. The van der Waals surface area contributed by atoms with E-state index >= 15 is 0 Å². The SMILES string of the molecule is COc1ccccc1CCNC(C(=O)O)C1CC1. The Morgan fingerprint density at radius 1 is 1.50 bits per heavy atom. The zero-order valence-corrected chi connectivity index (χ0v) is 10.6. The van der Waals surface area contributed by atoms with Gasteiger partial charge in [0.05, 0.1) is 7.11 Å². The summed E-state index contributed by atoms with van der Waals surface area (Å²) in [7, 11) is 1.65. The van der Waals surface area contributed by atoms with Gasteiger partial charge in [0.15, 0.2) is 0 Å². The Morgan fingerprint density at radius 3 is 2.83 bits per heavy atom. The van der Waals surface area contributed by atoms with Crippen molar-refractivity contribution < 1.29 is 14.6 Å². The van der Waals surface area contributed by atoms with Gasteiger partial charge in [0.25, 0.3) is 0 Å². The maximum absolute atomic E-state index is 11.1. The highest BCUT2D eigenvalue weighted by atomic mass is 16.5. The number of carbonyl (C=O) groups is 1. The maximum atomic E-state index is 11.1. The van der Waals surface area contributed by atoms with E-state index in [1.807, 2.05) is 24.3 Å². The van der Waals surface area contributed by atoms with Gasteiger partial charge in [0.1, 0.15) is 11.8 Å². The first kappa shape index (κ1) is 12.9. The molecule has 2 N–H and O–H groups in total. The van der Waals surface area contributed by atoms with Crippen molar-refractivity contribution in [1.29, 1.82) is 0 Å². The zero-order valence-electron chi connectivity index (χ0n) is 10.6. The van der Waals surface area contributed by atoms with Gasteiger partial charge in [-0.2, -0.15) is 0 Å². The van der Waals surface area contributed by atoms with Crippen LogP contribution in [0, 0.1) is 5.92 Å². The molecule has 1 aliphatic rings. The molecule has 2 rings (SSSR count). The fourth-order valence-electron chi connectivity index (χ4n) is 2.16. The highest BCUT2D eigenvalue weighted by Gasteiger charge is 2.35. The molecule has 4 heteroatoms. The van der Waals surface area contributed by atoms with Gasteiger partial charge in [-0.25, -0.2) is 0 Å². The molecule has 0 saturated heterocycles. The molecule has 18 heavy (non-hydrogen) atoms. The smallest absolute Gasteiger partial charge is 0.320 e. The van der Waals surface area contributed by atoms with Gasteiger partial charge < -0.3 is 15.2 Å². The van der Waals surface area contributed by atoms with Crippen molar-refractivity contribution in [2.75, 3.05) is 13.7 Å². The van der Waals surface area contributed by atoms with Gasteiger partial charge in [-0.3, -0.25) is 4.79 Å². The van der Waals surface area contributed by atoms with E-state index in [0.29, 0.717) is 12.5 Å². The minimum atomic E-state index is -0.738. The van der Waals surface area contributed by atoms with Gasteiger partial charge in [-0.15, -0.1) is 0 Å². The first-order valence-corrected chi connectivity index (χ1v) is 6.30. The van der Waals surface area contributed by atoms with E-state index in [4.69, 9.17) is 9.84 Å². The quantitative estimate of drug-likeness (QED) is 0.772. The summed E-state index contributed by atoms with van der Waals surface area (Å²) in [6.07, 6.45) is 2.83. The van der Waals surface area contributed by atoms with Crippen LogP contribution in [0.4, 0.5) is 0 Å². The fourth-order valence-corrected chi connectivity index (χ4v) is 2.16. The molecule has 1 fully saturated rings. The summed E-state index contributed by atoms with van der Waals surface area (Å²) in [6, 6.07) is 7.44. The van der Waals surface area contributed by atoms with Crippen molar-refractivity contribution in [3.05, 3.63) is 29.8 Å². The molecular weight excluding hydrogens is 230 g/mol. The molecule has 1 atom stereocenters. The summed E-state index contributed by atoms with van der Waals surface area (Å²) in [6.45, 7) is 0.661. The number of hydrogen-bond donors (Lipinski definition) is 2. The third-order valence-corrected chi connectivity index (χ3v) is 3.31. The Kier molecular flexibility index (Phi) is 4.20. The first-order valence-electron chi connectivity index (χ1n) is 6.30. The summed E-state index contributed by atoms with van der Waals surface area (Å²) in [4.78, 5) is 11.1.